The van der Waals surface area contributed by atoms with E-state index < -0.39 is 0 Å². The highest BCUT2D eigenvalue weighted by Crippen LogP contribution is 2.18. The van der Waals surface area contributed by atoms with Crippen LogP contribution in [-0.2, 0) is 0 Å². The van der Waals surface area contributed by atoms with E-state index in [9.17, 15) is 4.79 Å². The normalized spacial score (nSPS) is 10.0. The molecule has 0 bridgehead atoms. The largest absolute Gasteiger partial charge is 0.497 e. The minimum absolute atomic E-state index is 0.187. The lowest BCUT2D eigenvalue weighted by Crippen LogP contribution is -2.13. The van der Waals surface area contributed by atoms with E-state index in [4.69, 9.17) is 4.74 Å². The highest BCUT2D eigenvalue weighted by molar-refractivity contribution is 5.57. The molecule has 5 nitrogen and oxygen atoms in total. The summed E-state index contributed by atoms with van der Waals surface area (Å²) in [5.74, 6) is 1.31. The first-order chi connectivity index (χ1) is 8.24. The standard InChI is InChI=1S/C12H13N3O2/c1-13-10-7-14-11(15-12(10)16)8-3-5-9(17-2)6-4-8/h3-7,13H,1-2H3,(H,14,15,16). The van der Waals surface area contributed by atoms with Crippen LogP contribution in [0.3, 0.4) is 0 Å². The topological polar surface area (TPSA) is 67.0 Å². The third-order valence-corrected chi connectivity index (χ3v) is 2.43. The van der Waals surface area contributed by atoms with E-state index in [-0.39, 0.29) is 5.56 Å². The number of nitrogens with zero attached hydrogens (tertiary/aromatic N) is 1. The molecule has 0 spiro atoms. The van der Waals surface area contributed by atoms with Crippen molar-refractivity contribution in [1.29, 1.82) is 0 Å². The second-order valence-electron chi connectivity index (χ2n) is 3.45. The van der Waals surface area contributed by atoms with Gasteiger partial charge in [0.05, 0.1) is 13.3 Å². The molecule has 17 heavy (non-hydrogen) atoms. The highest BCUT2D eigenvalue weighted by Gasteiger charge is 2.03. The summed E-state index contributed by atoms with van der Waals surface area (Å²) in [6.45, 7) is 0. The first-order valence-electron chi connectivity index (χ1n) is 5.16. The number of ether oxygens (including phenoxy) is 1. The molecule has 5 heteroatoms. The van der Waals surface area contributed by atoms with Gasteiger partial charge in [0.25, 0.3) is 5.56 Å². The number of benzene rings is 1. The van der Waals surface area contributed by atoms with Gasteiger partial charge in [0.2, 0.25) is 0 Å². The summed E-state index contributed by atoms with van der Waals surface area (Å²) in [5, 5.41) is 2.77. The highest BCUT2D eigenvalue weighted by atomic mass is 16.5. The number of aromatic nitrogens is 2. The molecule has 0 amide bonds. The van der Waals surface area contributed by atoms with Crippen LogP contribution < -0.4 is 15.6 Å². The van der Waals surface area contributed by atoms with Crippen molar-refractivity contribution < 1.29 is 4.74 Å². The zero-order valence-corrected chi connectivity index (χ0v) is 9.65. The van der Waals surface area contributed by atoms with Gasteiger partial charge in [-0.15, -0.1) is 0 Å². The third kappa shape index (κ3) is 2.28. The molecule has 0 fully saturated rings. The van der Waals surface area contributed by atoms with E-state index in [1.54, 1.807) is 14.2 Å². The van der Waals surface area contributed by atoms with Crippen LogP contribution in [0.1, 0.15) is 0 Å². The number of methoxy groups -OCH3 is 1. The summed E-state index contributed by atoms with van der Waals surface area (Å²) in [7, 11) is 3.29. The molecular weight excluding hydrogens is 218 g/mol. The number of aromatic amines is 1. The van der Waals surface area contributed by atoms with Crippen LogP contribution in [0, 0.1) is 0 Å². The van der Waals surface area contributed by atoms with Gasteiger partial charge in [0, 0.05) is 12.6 Å². The summed E-state index contributed by atoms with van der Waals surface area (Å²) in [4.78, 5) is 18.5. The molecule has 0 aliphatic heterocycles. The lowest BCUT2D eigenvalue weighted by atomic mass is 10.2. The van der Waals surface area contributed by atoms with Crippen molar-refractivity contribution in [3.63, 3.8) is 0 Å². The Kier molecular flexibility index (Phi) is 3.09. The fourth-order valence-electron chi connectivity index (χ4n) is 1.47. The quantitative estimate of drug-likeness (QED) is 0.839. The molecule has 2 N–H and O–H groups in total. The average Bonchev–Trinajstić information content (AvgIpc) is 2.39. The molecule has 0 aliphatic rings. The zero-order chi connectivity index (χ0) is 12.3. The van der Waals surface area contributed by atoms with E-state index in [0.29, 0.717) is 11.5 Å². The first kappa shape index (κ1) is 11.2. The number of anilines is 1. The maximum absolute atomic E-state index is 11.6. The van der Waals surface area contributed by atoms with E-state index in [0.717, 1.165) is 11.3 Å². The number of rotatable bonds is 3. The number of H-pyrrole nitrogens is 1. The molecule has 0 unspecified atom stereocenters. The van der Waals surface area contributed by atoms with Gasteiger partial charge < -0.3 is 15.0 Å². The molecule has 2 rings (SSSR count). The van der Waals surface area contributed by atoms with Crippen molar-refractivity contribution in [2.45, 2.75) is 0 Å². The molecule has 0 saturated carbocycles. The van der Waals surface area contributed by atoms with Crippen molar-refractivity contribution in [3.8, 4) is 17.1 Å². The van der Waals surface area contributed by atoms with Crippen LogP contribution in [0.25, 0.3) is 11.4 Å². The average molecular weight is 231 g/mol. The van der Waals surface area contributed by atoms with Gasteiger partial charge in [-0.05, 0) is 24.3 Å². The maximum atomic E-state index is 11.6. The van der Waals surface area contributed by atoms with Crippen LogP contribution in [0.15, 0.2) is 35.3 Å². The fourth-order valence-corrected chi connectivity index (χ4v) is 1.47. The van der Waals surface area contributed by atoms with Crippen LogP contribution in [-0.4, -0.2) is 24.1 Å². The molecule has 0 aliphatic carbocycles. The van der Waals surface area contributed by atoms with Gasteiger partial charge in [-0.2, -0.15) is 0 Å². The monoisotopic (exact) mass is 231 g/mol. The van der Waals surface area contributed by atoms with Crippen LogP contribution in [0.5, 0.6) is 5.75 Å². The van der Waals surface area contributed by atoms with Crippen LogP contribution >= 0.6 is 0 Å². The molecule has 1 aromatic carbocycles. The Morgan fingerprint density at radius 2 is 2.00 bits per heavy atom. The lowest BCUT2D eigenvalue weighted by molar-refractivity contribution is 0.415. The second kappa shape index (κ2) is 4.69. The number of nitrogens with one attached hydrogen (secondary N) is 2. The number of hydrogen-bond acceptors (Lipinski definition) is 4. The van der Waals surface area contributed by atoms with Crippen LogP contribution in [0.2, 0.25) is 0 Å². The Morgan fingerprint density at radius 3 is 2.53 bits per heavy atom. The minimum atomic E-state index is -0.187. The van der Waals surface area contributed by atoms with E-state index >= 15 is 0 Å². The molecule has 2 aromatic rings. The lowest BCUT2D eigenvalue weighted by Gasteiger charge is -2.04. The smallest absolute Gasteiger partial charge is 0.274 e. The van der Waals surface area contributed by atoms with Crippen molar-refractivity contribution in [1.82, 2.24) is 9.97 Å². The van der Waals surface area contributed by atoms with Gasteiger partial charge in [0.15, 0.2) is 0 Å². The van der Waals surface area contributed by atoms with Crippen LogP contribution in [0.4, 0.5) is 5.69 Å². The van der Waals surface area contributed by atoms with Gasteiger partial charge in [-0.25, -0.2) is 4.98 Å². The summed E-state index contributed by atoms with van der Waals surface area (Å²) in [6.07, 6.45) is 1.51. The Balaban J connectivity index is 2.39. The Morgan fingerprint density at radius 1 is 1.29 bits per heavy atom. The van der Waals surface area contributed by atoms with Gasteiger partial charge in [-0.1, -0.05) is 0 Å². The Bertz CT molecular complexity index is 561. The maximum Gasteiger partial charge on any atom is 0.274 e. The SMILES string of the molecule is CNc1cnc(-c2ccc(OC)cc2)[nH]c1=O. The fraction of sp³-hybridized carbons (Fsp3) is 0.167. The Labute approximate surface area is 98.5 Å². The summed E-state index contributed by atoms with van der Waals surface area (Å²) < 4.78 is 5.06. The van der Waals surface area contributed by atoms with E-state index in [1.165, 1.54) is 6.20 Å². The van der Waals surface area contributed by atoms with E-state index in [1.807, 2.05) is 24.3 Å². The third-order valence-electron chi connectivity index (χ3n) is 2.43. The van der Waals surface area contributed by atoms with Crippen molar-refractivity contribution in [2.24, 2.45) is 0 Å². The van der Waals surface area contributed by atoms with Crippen molar-refractivity contribution in [3.05, 3.63) is 40.8 Å². The molecule has 1 aromatic heterocycles. The van der Waals surface area contributed by atoms with Gasteiger partial charge >= 0.3 is 0 Å². The summed E-state index contributed by atoms with van der Waals surface area (Å²) in [5.41, 5.74) is 1.10. The predicted octanol–water partition coefficient (Wildman–Crippen LogP) is 1.49. The predicted molar refractivity (Wildman–Crippen MR) is 66.4 cm³/mol. The molecule has 0 saturated heterocycles. The van der Waals surface area contributed by atoms with E-state index in [2.05, 4.69) is 15.3 Å². The molecule has 0 atom stereocenters. The molecule has 88 valence electrons. The molecular formula is C12H13N3O2. The minimum Gasteiger partial charge on any atom is -0.497 e. The number of hydrogen-bond donors (Lipinski definition) is 2. The molecule has 1 heterocycles. The molecule has 0 radical (unpaired) electrons. The van der Waals surface area contributed by atoms with Gasteiger partial charge in [0.1, 0.15) is 17.3 Å². The second-order valence-corrected chi connectivity index (χ2v) is 3.45. The zero-order valence-electron chi connectivity index (χ0n) is 9.65. The summed E-state index contributed by atoms with van der Waals surface area (Å²) in [6, 6.07) is 7.33. The first-order valence-corrected chi connectivity index (χ1v) is 5.16. The van der Waals surface area contributed by atoms with Crippen molar-refractivity contribution >= 4 is 5.69 Å². The Hall–Kier alpha value is -2.30. The summed E-state index contributed by atoms with van der Waals surface area (Å²) >= 11 is 0. The van der Waals surface area contributed by atoms with Gasteiger partial charge in [-0.3, -0.25) is 4.79 Å². The van der Waals surface area contributed by atoms with Crippen molar-refractivity contribution in [2.75, 3.05) is 19.5 Å².